The summed E-state index contributed by atoms with van der Waals surface area (Å²) in [4.78, 5) is 17.7. The van der Waals surface area contributed by atoms with Gasteiger partial charge in [0, 0.05) is 25.2 Å². The number of carbonyl (C=O) groups excluding carboxylic acids is 1. The predicted octanol–water partition coefficient (Wildman–Crippen LogP) is 4.57. The molecule has 3 aromatic rings. The third kappa shape index (κ3) is 5.20. The monoisotopic (exact) mass is 421 g/mol. The molecule has 2 heterocycles. The fraction of sp³-hybridized carbons (Fsp3) is 0.360. The molecule has 31 heavy (non-hydrogen) atoms. The number of amides is 1. The lowest BCUT2D eigenvalue weighted by Crippen LogP contribution is -2.35. The van der Waals surface area contributed by atoms with Crippen molar-refractivity contribution in [1.29, 1.82) is 0 Å². The summed E-state index contributed by atoms with van der Waals surface area (Å²) in [6.07, 6.45) is 3.12. The van der Waals surface area contributed by atoms with Gasteiger partial charge in [-0.1, -0.05) is 35.5 Å². The minimum atomic E-state index is -0.322. The molecular formula is C25H28FN3O2. The Labute approximate surface area is 182 Å². The van der Waals surface area contributed by atoms with Crippen molar-refractivity contribution < 1.29 is 13.7 Å². The Morgan fingerprint density at radius 3 is 2.58 bits per heavy atom. The van der Waals surface area contributed by atoms with Crippen LogP contribution in [0.3, 0.4) is 0 Å². The highest BCUT2D eigenvalue weighted by Crippen LogP contribution is 2.27. The van der Waals surface area contributed by atoms with Crippen LogP contribution in [-0.4, -0.2) is 53.6 Å². The molecule has 0 aliphatic carbocycles. The van der Waals surface area contributed by atoms with E-state index in [-0.39, 0.29) is 11.7 Å². The number of nitrogens with zero attached hydrogens (tertiary/aromatic N) is 3. The van der Waals surface area contributed by atoms with E-state index in [0.717, 1.165) is 38.9 Å². The summed E-state index contributed by atoms with van der Waals surface area (Å²) in [5.74, 6) is 0.106. The molecule has 0 unspecified atom stereocenters. The van der Waals surface area contributed by atoms with E-state index in [1.54, 1.807) is 19.1 Å². The smallest absolute Gasteiger partial charge is 0.259 e. The summed E-state index contributed by atoms with van der Waals surface area (Å²) in [5.41, 5.74) is 3.00. The second kappa shape index (κ2) is 9.88. The van der Waals surface area contributed by atoms with E-state index in [9.17, 15) is 9.18 Å². The number of hydrogen-bond donors (Lipinski definition) is 0. The van der Waals surface area contributed by atoms with Gasteiger partial charge < -0.3 is 14.3 Å². The van der Waals surface area contributed by atoms with Crippen molar-refractivity contribution >= 4 is 5.91 Å². The molecule has 5 nitrogen and oxygen atoms in total. The standard InChI is InChI=1S/C25H28FN3O2/c1-19-23(24(27-31-19)21-10-12-22(26)13-11-21)25(30)29-16-6-15-28(17-18-29)14-5-9-20-7-3-2-4-8-20/h2-4,7-8,10-13H,5-6,9,14-18H2,1H3. The van der Waals surface area contributed by atoms with Crippen molar-refractivity contribution in [2.24, 2.45) is 0 Å². The van der Waals surface area contributed by atoms with Crippen LogP contribution in [-0.2, 0) is 6.42 Å². The largest absolute Gasteiger partial charge is 0.360 e. The van der Waals surface area contributed by atoms with Crippen LogP contribution in [0.4, 0.5) is 4.39 Å². The van der Waals surface area contributed by atoms with E-state index >= 15 is 0 Å². The fourth-order valence-electron chi connectivity index (χ4n) is 4.14. The second-order valence-corrected chi connectivity index (χ2v) is 8.05. The maximum absolute atomic E-state index is 13.3. The molecule has 1 aliphatic heterocycles. The van der Waals surface area contributed by atoms with Crippen LogP contribution in [0.5, 0.6) is 0 Å². The molecule has 1 saturated heterocycles. The Bertz CT molecular complexity index is 1000. The number of halogens is 1. The SMILES string of the molecule is Cc1onc(-c2ccc(F)cc2)c1C(=O)N1CCCN(CCCc2ccccc2)CC1. The molecule has 0 spiro atoms. The van der Waals surface area contributed by atoms with Crippen LogP contribution in [0, 0.1) is 12.7 Å². The lowest BCUT2D eigenvalue weighted by Gasteiger charge is -2.22. The molecule has 0 bridgehead atoms. The van der Waals surface area contributed by atoms with Gasteiger partial charge in [-0.05, 0) is 69.1 Å². The first-order chi connectivity index (χ1) is 15.1. The van der Waals surface area contributed by atoms with Gasteiger partial charge >= 0.3 is 0 Å². The van der Waals surface area contributed by atoms with Crippen LogP contribution >= 0.6 is 0 Å². The van der Waals surface area contributed by atoms with E-state index in [2.05, 4.69) is 34.3 Å². The lowest BCUT2D eigenvalue weighted by atomic mass is 10.0. The van der Waals surface area contributed by atoms with Gasteiger partial charge in [-0.15, -0.1) is 0 Å². The Morgan fingerprint density at radius 1 is 1.03 bits per heavy atom. The average Bonchev–Trinajstić information content (AvgIpc) is 3.01. The maximum Gasteiger partial charge on any atom is 0.259 e. The summed E-state index contributed by atoms with van der Waals surface area (Å²) in [7, 11) is 0. The summed E-state index contributed by atoms with van der Waals surface area (Å²) >= 11 is 0. The third-order valence-electron chi connectivity index (χ3n) is 5.85. The highest BCUT2D eigenvalue weighted by Gasteiger charge is 2.27. The van der Waals surface area contributed by atoms with Crippen molar-refractivity contribution in [2.45, 2.75) is 26.2 Å². The minimum absolute atomic E-state index is 0.0655. The molecule has 0 atom stereocenters. The van der Waals surface area contributed by atoms with Gasteiger partial charge in [-0.3, -0.25) is 4.79 Å². The van der Waals surface area contributed by atoms with E-state index in [0.29, 0.717) is 35.7 Å². The van der Waals surface area contributed by atoms with Crippen LogP contribution in [0.1, 0.15) is 34.5 Å². The molecule has 0 saturated carbocycles. The van der Waals surface area contributed by atoms with Crippen LogP contribution < -0.4 is 0 Å². The maximum atomic E-state index is 13.3. The van der Waals surface area contributed by atoms with Gasteiger partial charge in [-0.25, -0.2) is 4.39 Å². The third-order valence-corrected chi connectivity index (χ3v) is 5.85. The Kier molecular flexibility index (Phi) is 6.77. The van der Waals surface area contributed by atoms with Gasteiger partial charge in [-0.2, -0.15) is 0 Å². The van der Waals surface area contributed by atoms with E-state index in [1.165, 1.54) is 17.7 Å². The van der Waals surface area contributed by atoms with E-state index in [1.807, 2.05) is 11.0 Å². The van der Waals surface area contributed by atoms with Crippen LogP contribution in [0.2, 0.25) is 0 Å². The Hall–Kier alpha value is -2.99. The number of rotatable bonds is 6. The molecular weight excluding hydrogens is 393 g/mol. The molecule has 6 heteroatoms. The lowest BCUT2D eigenvalue weighted by molar-refractivity contribution is 0.0760. The van der Waals surface area contributed by atoms with Gasteiger partial charge in [0.1, 0.15) is 22.8 Å². The number of benzene rings is 2. The van der Waals surface area contributed by atoms with Gasteiger partial charge in [0.05, 0.1) is 0 Å². The first-order valence-corrected chi connectivity index (χ1v) is 10.9. The Morgan fingerprint density at radius 2 is 1.81 bits per heavy atom. The molecule has 0 radical (unpaired) electrons. The van der Waals surface area contributed by atoms with Crippen molar-refractivity contribution in [2.75, 3.05) is 32.7 Å². The van der Waals surface area contributed by atoms with Gasteiger partial charge in [0.2, 0.25) is 0 Å². The zero-order chi connectivity index (χ0) is 21.6. The predicted molar refractivity (Wildman–Crippen MR) is 118 cm³/mol. The van der Waals surface area contributed by atoms with Crippen molar-refractivity contribution in [3.63, 3.8) is 0 Å². The summed E-state index contributed by atoms with van der Waals surface area (Å²) in [6.45, 7) is 6.02. The van der Waals surface area contributed by atoms with Crippen molar-refractivity contribution in [1.82, 2.24) is 15.0 Å². The van der Waals surface area contributed by atoms with E-state index in [4.69, 9.17) is 4.52 Å². The Balaban J connectivity index is 1.38. The molecule has 0 N–H and O–H groups in total. The molecule has 162 valence electrons. The summed E-state index contributed by atoms with van der Waals surface area (Å²) < 4.78 is 18.6. The zero-order valence-corrected chi connectivity index (χ0v) is 17.9. The molecule has 1 amide bonds. The molecule has 2 aromatic carbocycles. The zero-order valence-electron chi connectivity index (χ0n) is 17.9. The normalized spacial score (nSPS) is 15.1. The van der Waals surface area contributed by atoms with Gasteiger partial charge in [0.15, 0.2) is 0 Å². The highest BCUT2D eigenvalue weighted by molar-refractivity contribution is 6.00. The average molecular weight is 422 g/mol. The second-order valence-electron chi connectivity index (χ2n) is 8.05. The quantitative estimate of drug-likeness (QED) is 0.585. The fourth-order valence-corrected chi connectivity index (χ4v) is 4.14. The van der Waals surface area contributed by atoms with Crippen LogP contribution in [0.25, 0.3) is 11.3 Å². The first kappa shape index (κ1) is 21.2. The molecule has 1 fully saturated rings. The van der Waals surface area contributed by atoms with Crippen molar-refractivity contribution in [3.05, 3.63) is 77.3 Å². The number of carbonyl (C=O) groups is 1. The summed E-state index contributed by atoms with van der Waals surface area (Å²) in [5, 5.41) is 4.08. The van der Waals surface area contributed by atoms with E-state index < -0.39 is 0 Å². The van der Waals surface area contributed by atoms with Gasteiger partial charge in [0.25, 0.3) is 5.91 Å². The molecule has 1 aromatic heterocycles. The summed E-state index contributed by atoms with van der Waals surface area (Å²) in [6, 6.07) is 16.5. The van der Waals surface area contributed by atoms with Crippen LogP contribution in [0.15, 0.2) is 59.1 Å². The number of aryl methyl sites for hydroxylation is 2. The minimum Gasteiger partial charge on any atom is -0.360 e. The molecule has 1 aliphatic rings. The topological polar surface area (TPSA) is 49.6 Å². The number of aromatic nitrogens is 1. The number of hydrogen-bond acceptors (Lipinski definition) is 4. The molecule has 4 rings (SSSR count). The highest BCUT2D eigenvalue weighted by atomic mass is 19.1. The first-order valence-electron chi connectivity index (χ1n) is 10.9. The van der Waals surface area contributed by atoms with Crippen molar-refractivity contribution in [3.8, 4) is 11.3 Å².